The Morgan fingerprint density at radius 3 is 2.63 bits per heavy atom. The molecule has 0 aliphatic rings. The molecule has 1 aromatic heterocycles. The van der Waals surface area contributed by atoms with Crippen LogP contribution in [0.5, 0.6) is 0 Å². The number of benzene rings is 1. The van der Waals surface area contributed by atoms with Crippen molar-refractivity contribution in [2.24, 2.45) is 11.1 Å². The zero-order valence-corrected chi connectivity index (χ0v) is 11.6. The summed E-state index contributed by atoms with van der Waals surface area (Å²) in [5, 5.41) is 11.5. The normalized spacial score (nSPS) is 11.7. The number of para-hydroxylation sites is 1. The molecule has 2 aromatic rings. The molecular formula is C14H21N5. The molecule has 5 nitrogen and oxygen atoms in total. The Morgan fingerprint density at radius 2 is 1.89 bits per heavy atom. The molecule has 0 saturated carbocycles. The fourth-order valence-corrected chi connectivity index (χ4v) is 1.94. The van der Waals surface area contributed by atoms with Crippen LogP contribution in [-0.4, -0.2) is 28.3 Å². The lowest BCUT2D eigenvalue weighted by Gasteiger charge is -2.24. The summed E-state index contributed by atoms with van der Waals surface area (Å²) in [4.78, 5) is 4.45. The minimum atomic E-state index is 0.175. The number of aromatic nitrogens is 3. The number of nitrogens with zero attached hydrogens (tertiary/aromatic N) is 3. The predicted octanol–water partition coefficient (Wildman–Crippen LogP) is 2.20. The van der Waals surface area contributed by atoms with E-state index in [9.17, 15) is 0 Å². The van der Waals surface area contributed by atoms with Gasteiger partial charge in [-0.25, -0.2) is 4.98 Å². The fourth-order valence-electron chi connectivity index (χ4n) is 1.94. The molecule has 102 valence electrons. The molecule has 0 atom stereocenters. The first-order chi connectivity index (χ1) is 9.11. The lowest BCUT2D eigenvalue weighted by atomic mass is 9.88. The summed E-state index contributed by atoms with van der Waals surface area (Å²) in [6.45, 7) is 5.97. The van der Waals surface area contributed by atoms with Gasteiger partial charge in [0, 0.05) is 6.54 Å². The van der Waals surface area contributed by atoms with Gasteiger partial charge in [-0.05, 0) is 36.9 Å². The van der Waals surface area contributed by atoms with Gasteiger partial charge in [-0.15, -0.1) is 10.2 Å². The predicted molar refractivity (Wildman–Crippen MR) is 77.9 cm³/mol. The molecule has 5 heteroatoms. The monoisotopic (exact) mass is 259 g/mol. The molecular weight excluding hydrogens is 238 g/mol. The number of hydrogen-bond acceptors (Lipinski definition) is 5. The summed E-state index contributed by atoms with van der Waals surface area (Å²) >= 11 is 0. The van der Waals surface area contributed by atoms with E-state index in [0.29, 0.717) is 5.95 Å². The molecule has 0 radical (unpaired) electrons. The summed E-state index contributed by atoms with van der Waals surface area (Å²) in [6, 6.07) is 7.73. The first kappa shape index (κ1) is 13.7. The first-order valence-corrected chi connectivity index (χ1v) is 6.64. The van der Waals surface area contributed by atoms with Crippen LogP contribution in [0, 0.1) is 5.41 Å². The SMILES string of the molecule is CC(C)(CCCN)CNc1nnc2ccccc2n1. The second-order valence-corrected chi connectivity index (χ2v) is 5.53. The third-order valence-corrected chi connectivity index (χ3v) is 3.14. The van der Waals surface area contributed by atoms with Crippen LogP contribution in [0.4, 0.5) is 5.95 Å². The quantitative estimate of drug-likeness (QED) is 0.831. The highest BCUT2D eigenvalue weighted by molar-refractivity contribution is 5.73. The van der Waals surface area contributed by atoms with Gasteiger partial charge in [-0.1, -0.05) is 26.0 Å². The van der Waals surface area contributed by atoms with E-state index in [-0.39, 0.29) is 5.41 Å². The zero-order valence-electron chi connectivity index (χ0n) is 11.6. The molecule has 19 heavy (non-hydrogen) atoms. The van der Waals surface area contributed by atoms with Crippen LogP contribution in [0.3, 0.4) is 0 Å². The molecule has 1 aromatic carbocycles. The highest BCUT2D eigenvalue weighted by Crippen LogP contribution is 2.22. The van der Waals surface area contributed by atoms with E-state index in [4.69, 9.17) is 5.73 Å². The average molecular weight is 259 g/mol. The van der Waals surface area contributed by atoms with Gasteiger partial charge >= 0.3 is 0 Å². The Hall–Kier alpha value is -1.75. The Kier molecular flexibility index (Phi) is 4.27. The van der Waals surface area contributed by atoms with Crippen LogP contribution in [0.1, 0.15) is 26.7 Å². The van der Waals surface area contributed by atoms with Crippen LogP contribution >= 0.6 is 0 Å². The van der Waals surface area contributed by atoms with Crippen LogP contribution < -0.4 is 11.1 Å². The minimum absolute atomic E-state index is 0.175. The van der Waals surface area contributed by atoms with Crippen LogP contribution in [0.2, 0.25) is 0 Å². The van der Waals surface area contributed by atoms with Crippen molar-refractivity contribution in [3.05, 3.63) is 24.3 Å². The summed E-state index contributed by atoms with van der Waals surface area (Å²) in [7, 11) is 0. The molecule has 0 aliphatic carbocycles. The van der Waals surface area contributed by atoms with Crippen molar-refractivity contribution in [1.29, 1.82) is 0 Å². The van der Waals surface area contributed by atoms with Crippen molar-refractivity contribution in [3.63, 3.8) is 0 Å². The van der Waals surface area contributed by atoms with Crippen molar-refractivity contribution >= 4 is 17.0 Å². The first-order valence-electron chi connectivity index (χ1n) is 6.64. The molecule has 0 aliphatic heterocycles. The van der Waals surface area contributed by atoms with Crippen molar-refractivity contribution < 1.29 is 0 Å². The van der Waals surface area contributed by atoms with E-state index < -0.39 is 0 Å². The Morgan fingerprint density at radius 1 is 1.16 bits per heavy atom. The smallest absolute Gasteiger partial charge is 0.243 e. The number of nitrogens with one attached hydrogen (secondary N) is 1. The molecule has 0 saturated heterocycles. The van der Waals surface area contributed by atoms with Gasteiger partial charge in [0.2, 0.25) is 5.95 Å². The standard InChI is InChI=1S/C14H21N5/c1-14(2,8-5-9-15)10-16-13-17-11-6-3-4-7-12(11)18-19-13/h3-4,6-7H,5,8-10,15H2,1-2H3,(H,16,17,19). The second kappa shape index (κ2) is 5.93. The minimum Gasteiger partial charge on any atom is -0.352 e. The highest BCUT2D eigenvalue weighted by Gasteiger charge is 2.17. The van der Waals surface area contributed by atoms with Crippen molar-refractivity contribution in [2.45, 2.75) is 26.7 Å². The maximum Gasteiger partial charge on any atom is 0.243 e. The van der Waals surface area contributed by atoms with Gasteiger partial charge in [0.25, 0.3) is 0 Å². The molecule has 0 unspecified atom stereocenters. The number of hydrogen-bond donors (Lipinski definition) is 2. The molecule has 0 fully saturated rings. The zero-order chi connectivity index (χ0) is 13.7. The molecule has 0 spiro atoms. The molecule has 1 heterocycles. The van der Waals surface area contributed by atoms with E-state index >= 15 is 0 Å². The number of fused-ring (bicyclic) bond motifs is 1. The number of nitrogens with two attached hydrogens (primary N) is 1. The van der Waals surface area contributed by atoms with Gasteiger partial charge < -0.3 is 11.1 Å². The summed E-state index contributed by atoms with van der Waals surface area (Å²) in [5.74, 6) is 0.583. The van der Waals surface area contributed by atoms with Crippen molar-refractivity contribution in [1.82, 2.24) is 15.2 Å². The third-order valence-electron chi connectivity index (χ3n) is 3.14. The van der Waals surface area contributed by atoms with Crippen LogP contribution in [-0.2, 0) is 0 Å². The van der Waals surface area contributed by atoms with Gasteiger partial charge in [0.05, 0.1) is 5.52 Å². The molecule has 0 bridgehead atoms. The lowest BCUT2D eigenvalue weighted by Crippen LogP contribution is -2.25. The lowest BCUT2D eigenvalue weighted by molar-refractivity contribution is 0.349. The van der Waals surface area contributed by atoms with Crippen LogP contribution in [0.25, 0.3) is 11.0 Å². The van der Waals surface area contributed by atoms with E-state index in [1.807, 2.05) is 24.3 Å². The van der Waals surface area contributed by atoms with Crippen LogP contribution in [0.15, 0.2) is 24.3 Å². The van der Waals surface area contributed by atoms with E-state index in [2.05, 4.69) is 34.3 Å². The number of rotatable bonds is 6. The van der Waals surface area contributed by atoms with Gasteiger partial charge in [0.1, 0.15) is 5.52 Å². The largest absolute Gasteiger partial charge is 0.352 e. The molecule has 2 rings (SSSR count). The maximum atomic E-state index is 5.55. The highest BCUT2D eigenvalue weighted by atomic mass is 15.2. The van der Waals surface area contributed by atoms with Crippen molar-refractivity contribution in [3.8, 4) is 0 Å². The fraction of sp³-hybridized carbons (Fsp3) is 0.500. The maximum absolute atomic E-state index is 5.55. The average Bonchev–Trinajstić information content (AvgIpc) is 2.43. The van der Waals surface area contributed by atoms with Gasteiger partial charge in [-0.3, -0.25) is 0 Å². The Balaban J connectivity index is 2.01. The molecule has 0 amide bonds. The Bertz CT molecular complexity index is 538. The van der Waals surface area contributed by atoms with E-state index in [1.165, 1.54) is 0 Å². The number of anilines is 1. The summed E-state index contributed by atoms with van der Waals surface area (Å²) in [5.41, 5.74) is 7.40. The molecule has 3 N–H and O–H groups in total. The Labute approximate surface area is 113 Å². The van der Waals surface area contributed by atoms with Gasteiger partial charge in [-0.2, -0.15) is 0 Å². The summed E-state index contributed by atoms with van der Waals surface area (Å²) in [6.07, 6.45) is 2.11. The topological polar surface area (TPSA) is 76.7 Å². The second-order valence-electron chi connectivity index (χ2n) is 5.53. The van der Waals surface area contributed by atoms with Crippen molar-refractivity contribution in [2.75, 3.05) is 18.4 Å². The summed E-state index contributed by atoms with van der Waals surface area (Å²) < 4.78 is 0. The third kappa shape index (κ3) is 3.86. The van der Waals surface area contributed by atoms with E-state index in [1.54, 1.807) is 0 Å². The van der Waals surface area contributed by atoms with E-state index in [0.717, 1.165) is 37.0 Å². The van der Waals surface area contributed by atoms with Gasteiger partial charge in [0.15, 0.2) is 0 Å².